The minimum absolute atomic E-state index is 0.00108. The number of rotatable bonds is 13. The highest BCUT2D eigenvalue weighted by molar-refractivity contribution is 5.94. The van der Waals surface area contributed by atoms with Crippen molar-refractivity contribution in [3.05, 3.63) is 48.0 Å². The largest absolute Gasteiger partial charge is 0.508 e. The van der Waals surface area contributed by atoms with E-state index < -0.39 is 54.5 Å². The summed E-state index contributed by atoms with van der Waals surface area (Å²) >= 11 is 0. The van der Waals surface area contributed by atoms with Crippen molar-refractivity contribution in [3.63, 3.8) is 0 Å². The fourth-order valence-electron chi connectivity index (χ4n) is 3.20. The van der Waals surface area contributed by atoms with E-state index in [9.17, 15) is 34.5 Å². The fraction of sp³-hybridized carbons (Fsp3) is 0.435. The van der Waals surface area contributed by atoms with E-state index in [4.69, 9.17) is 5.73 Å². The molecule has 1 heterocycles. The number of benzene rings is 1. The number of H-pyrrole nitrogens is 1. The van der Waals surface area contributed by atoms with Crippen molar-refractivity contribution in [1.82, 2.24) is 25.9 Å². The van der Waals surface area contributed by atoms with E-state index >= 15 is 0 Å². The van der Waals surface area contributed by atoms with Crippen molar-refractivity contribution in [2.45, 2.75) is 50.9 Å². The Hall–Kier alpha value is -3.97. The summed E-state index contributed by atoms with van der Waals surface area (Å²) in [6.07, 6.45) is 2.65. The van der Waals surface area contributed by atoms with Crippen LogP contribution in [0.1, 0.15) is 25.1 Å². The number of aliphatic hydroxyl groups is 1. The van der Waals surface area contributed by atoms with Gasteiger partial charge in [0, 0.05) is 24.7 Å². The first-order chi connectivity index (χ1) is 17.0. The number of nitrogens with one attached hydrogen (secondary N) is 4. The Morgan fingerprint density at radius 3 is 2.06 bits per heavy atom. The van der Waals surface area contributed by atoms with Crippen LogP contribution in [0.15, 0.2) is 36.8 Å². The van der Waals surface area contributed by atoms with Crippen LogP contribution in [0.3, 0.4) is 0 Å². The van der Waals surface area contributed by atoms with E-state index in [0.29, 0.717) is 11.3 Å². The third-order valence-electron chi connectivity index (χ3n) is 5.44. The van der Waals surface area contributed by atoms with E-state index in [-0.39, 0.29) is 24.5 Å². The first-order valence-electron chi connectivity index (χ1n) is 11.3. The highest BCUT2D eigenvalue weighted by Crippen LogP contribution is 2.12. The van der Waals surface area contributed by atoms with Gasteiger partial charge >= 0.3 is 5.97 Å². The number of amides is 3. The lowest BCUT2D eigenvalue weighted by Crippen LogP contribution is -2.59. The number of phenolic OH excluding ortho intramolecular Hbond substituents is 1. The second kappa shape index (κ2) is 13.2. The van der Waals surface area contributed by atoms with Crippen molar-refractivity contribution >= 4 is 23.7 Å². The summed E-state index contributed by atoms with van der Waals surface area (Å²) in [5, 5.41) is 36.0. The number of aromatic amines is 1. The second-order valence-corrected chi connectivity index (χ2v) is 8.63. The maximum atomic E-state index is 13.1. The molecule has 1 aromatic carbocycles. The molecule has 9 N–H and O–H groups in total. The van der Waals surface area contributed by atoms with Crippen LogP contribution in [0.2, 0.25) is 0 Å². The molecule has 0 aliphatic carbocycles. The number of carbonyl (C=O) groups excluding carboxylic acids is 3. The predicted octanol–water partition coefficient (Wildman–Crippen LogP) is -1.58. The van der Waals surface area contributed by atoms with Gasteiger partial charge in [-0.3, -0.25) is 14.4 Å². The molecule has 0 saturated carbocycles. The zero-order valence-corrected chi connectivity index (χ0v) is 20.0. The molecule has 0 saturated heterocycles. The Bertz CT molecular complexity index is 1030. The molecule has 13 heteroatoms. The molecule has 0 radical (unpaired) electrons. The van der Waals surface area contributed by atoms with Gasteiger partial charge in [-0.1, -0.05) is 26.0 Å². The van der Waals surface area contributed by atoms with Gasteiger partial charge in [0.05, 0.1) is 19.0 Å². The van der Waals surface area contributed by atoms with Gasteiger partial charge in [-0.05, 0) is 23.6 Å². The number of nitrogens with zero attached hydrogens (tertiary/aromatic N) is 1. The lowest BCUT2D eigenvalue weighted by Gasteiger charge is -2.25. The van der Waals surface area contributed by atoms with Crippen LogP contribution in [0, 0.1) is 5.92 Å². The van der Waals surface area contributed by atoms with Gasteiger partial charge in [0.2, 0.25) is 17.7 Å². The molecule has 13 nitrogen and oxygen atoms in total. The number of hydrogen-bond donors (Lipinski definition) is 8. The van der Waals surface area contributed by atoms with Crippen molar-refractivity contribution in [1.29, 1.82) is 0 Å². The number of nitrogens with two attached hydrogens (primary N) is 1. The Morgan fingerprint density at radius 2 is 1.53 bits per heavy atom. The highest BCUT2D eigenvalue weighted by atomic mass is 16.4. The molecule has 0 bridgehead atoms. The lowest BCUT2D eigenvalue weighted by molar-refractivity contribution is -0.142. The molecule has 2 aromatic rings. The minimum atomic E-state index is -1.39. The summed E-state index contributed by atoms with van der Waals surface area (Å²) in [6.45, 7) is 2.68. The first kappa shape index (κ1) is 28.3. The van der Waals surface area contributed by atoms with Crippen molar-refractivity contribution in [2.75, 3.05) is 6.61 Å². The predicted molar refractivity (Wildman–Crippen MR) is 127 cm³/mol. The van der Waals surface area contributed by atoms with Crippen LogP contribution >= 0.6 is 0 Å². The van der Waals surface area contributed by atoms with Crippen LogP contribution < -0.4 is 21.7 Å². The number of carbonyl (C=O) groups is 4. The fourth-order valence-corrected chi connectivity index (χ4v) is 3.20. The monoisotopic (exact) mass is 504 g/mol. The van der Waals surface area contributed by atoms with Crippen molar-refractivity contribution in [3.8, 4) is 5.75 Å². The first-order valence-corrected chi connectivity index (χ1v) is 11.3. The van der Waals surface area contributed by atoms with Crippen LogP contribution in [0.25, 0.3) is 0 Å². The summed E-state index contributed by atoms with van der Waals surface area (Å²) in [6, 6.07) is 0.967. The third kappa shape index (κ3) is 8.36. The van der Waals surface area contributed by atoms with Crippen LogP contribution in [0.4, 0.5) is 0 Å². The van der Waals surface area contributed by atoms with Gasteiger partial charge in [-0.15, -0.1) is 0 Å². The molecule has 196 valence electrons. The summed E-state index contributed by atoms with van der Waals surface area (Å²) in [7, 11) is 0. The number of aliphatic hydroxyl groups excluding tert-OH is 1. The topological polar surface area (TPSA) is 220 Å². The van der Waals surface area contributed by atoms with Crippen LogP contribution in [-0.4, -0.2) is 79.8 Å². The number of imidazole rings is 1. The molecule has 1 aromatic heterocycles. The van der Waals surface area contributed by atoms with Gasteiger partial charge in [-0.2, -0.15) is 0 Å². The van der Waals surface area contributed by atoms with Crippen molar-refractivity contribution < 1.29 is 34.5 Å². The number of carboxylic acid groups (broad SMARTS) is 1. The second-order valence-electron chi connectivity index (χ2n) is 8.63. The average molecular weight is 505 g/mol. The zero-order chi connectivity index (χ0) is 26.8. The third-order valence-corrected chi connectivity index (χ3v) is 5.44. The zero-order valence-electron chi connectivity index (χ0n) is 20.0. The lowest BCUT2D eigenvalue weighted by atomic mass is 10.0. The van der Waals surface area contributed by atoms with Gasteiger partial charge in [0.1, 0.15) is 23.9 Å². The molecule has 0 aliphatic heterocycles. The maximum Gasteiger partial charge on any atom is 0.326 e. The average Bonchev–Trinajstić information content (AvgIpc) is 3.35. The standard InChI is InChI=1S/C23H32N6O7/c1-12(2)19(24)22(34)29-18(10-30)21(33)27-16(7-13-3-5-15(31)6-4-13)20(32)28-17(23(35)36)8-14-9-25-11-26-14/h3-6,9,11-12,16-19,30-31H,7-8,10,24H2,1-2H3,(H,25,26)(H,27,33)(H,28,32)(H,29,34)(H,35,36). The van der Waals surface area contributed by atoms with E-state index in [0.717, 1.165) is 0 Å². The number of phenols is 1. The molecular formula is C23H32N6O7. The number of hydrogen-bond acceptors (Lipinski definition) is 8. The molecule has 0 fully saturated rings. The highest BCUT2D eigenvalue weighted by Gasteiger charge is 2.31. The Kier molecular flexibility index (Phi) is 10.4. The molecule has 4 unspecified atom stereocenters. The van der Waals surface area contributed by atoms with E-state index in [1.165, 1.54) is 36.8 Å². The molecule has 0 spiro atoms. The minimum Gasteiger partial charge on any atom is -0.508 e. The molecule has 4 atom stereocenters. The number of aromatic hydroxyl groups is 1. The molecule has 2 rings (SSSR count). The number of aromatic nitrogens is 2. The Labute approximate surface area is 207 Å². The SMILES string of the molecule is CC(C)C(N)C(=O)NC(CO)C(=O)NC(Cc1ccc(O)cc1)C(=O)NC(Cc1cnc[nH]1)C(=O)O. The molecule has 36 heavy (non-hydrogen) atoms. The van der Waals surface area contributed by atoms with E-state index in [1.54, 1.807) is 13.8 Å². The normalized spacial score (nSPS) is 14.4. The number of carboxylic acids is 1. The number of aliphatic carboxylic acids is 1. The summed E-state index contributed by atoms with van der Waals surface area (Å²) in [5.74, 6) is -3.83. The Balaban J connectivity index is 2.20. The van der Waals surface area contributed by atoms with Gasteiger partial charge in [0.25, 0.3) is 0 Å². The molecule has 3 amide bonds. The van der Waals surface area contributed by atoms with Gasteiger partial charge < -0.3 is 42.0 Å². The van der Waals surface area contributed by atoms with Crippen LogP contribution in [-0.2, 0) is 32.0 Å². The van der Waals surface area contributed by atoms with Crippen molar-refractivity contribution in [2.24, 2.45) is 11.7 Å². The van der Waals surface area contributed by atoms with Gasteiger partial charge in [0.15, 0.2) is 0 Å². The molecular weight excluding hydrogens is 472 g/mol. The summed E-state index contributed by atoms with van der Waals surface area (Å²) in [5.41, 5.74) is 6.83. The van der Waals surface area contributed by atoms with E-state index in [1.807, 2.05) is 0 Å². The van der Waals surface area contributed by atoms with Gasteiger partial charge in [-0.25, -0.2) is 9.78 Å². The maximum absolute atomic E-state index is 13.1. The van der Waals surface area contributed by atoms with E-state index in [2.05, 4.69) is 25.9 Å². The summed E-state index contributed by atoms with van der Waals surface area (Å²) in [4.78, 5) is 56.5. The molecule has 0 aliphatic rings. The Morgan fingerprint density at radius 1 is 0.944 bits per heavy atom. The summed E-state index contributed by atoms with van der Waals surface area (Å²) < 4.78 is 0. The smallest absolute Gasteiger partial charge is 0.326 e. The van der Waals surface area contributed by atoms with Crippen LogP contribution in [0.5, 0.6) is 5.75 Å². The quantitative estimate of drug-likeness (QED) is 0.157.